The first-order valence-corrected chi connectivity index (χ1v) is 38.1. The molecule has 0 unspecified atom stereocenters. The van der Waals surface area contributed by atoms with Crippen LogP contribution in [0, 0.1) is 46.3 Å². The van der Waals surface area contributed by atoms with Gasteiger partial charge in [-0.05, 0) is 174 Å². The van der Waals surface area contributed by atoms with Crippen LogP contribution in [0.4, 0.5) is 0 Å². The smallest absolute Gasteiger partial charge is 0.253 e. The van der Waals surface area contributed by atoms with E-state index < -0.39 is 0 Å². The number of ether oxygens (including phenoxy) is 3. The molecule has 0 bridgehead atoms. The number of carbonyl (C=O) groups excluding carboxylic acids is 9. The summed E-state index contributed by atoms with van der Waals surface area (Å²) in [4.78, 5) is 112. The molecule has 19 nitrogen and oxygen atoms in total. The van der Waals surface area contributed by atoms with Gasteiger partial charge in [0.05, 0.1) is 18.3 Å². The molecule has 22 heteroatoms. The highest BCUT2D eigenvalue weighted by Gasteiger charge is 2.66. The molecule has 0 aromatic heterocycles. The molecule has 0 radical (unpaired) electrons. The van der Waals surface area contributed by atoms with E-state index in [9.17, 15) is 48.3 Å². The Bertz CT molecular complexity index is 2450. The minimum absolute atomic E-state index is 0.0308. The van der Waals surface area contributed by atoms with Crippen molar-refractivity contribution >= 4 is 88.5 Å². The number of hydrogen-bond donors (Lipinski definition) is 4. The molecule has 3 heterocycles. The van der Waals surface area contributed by atoms with E-state index >= 15 is 0 Å². The number of rotatable bonds is 46. The highest BCUT2D eigenvalue weighted by molar-refractivity contribution is 7.99. The van der Waals surface area contributed by atoms with Gasteiger partial charge in [0.2, 0.25) is 17.7 Å². The molecule has 9 amide bonds. The Kier molecular flexibility index (Phi) is 31.9. The predicted octanol–water partition coefficient (Wildman–Crippen LogP) is 8.60. The number of unbranched alkanes of at least 4 members (excludes halogenated alkanes) is 6. The number of thioether (sulfide) groups is 3. The van der Waals surface area contributed by atoms with Crippen LogP contribution >= 0.6 is 35.3 Å². The van der Waals surface area contributed by atoms with E-state index in [1.165, 1.54) is 51.2 Å². The van der Waals surface area contributed by atoms with Crippen molar-refractivity contribution in [3.63, 3.8) is 0 Å². The first kappa shape index (κ1) is 74.3. The average molecular weight is 1330 g/mol. The third kappa shape index (κ3) is 22.3. The van der Waals surface area contributed by atoms with Crippen molar-refractivity contribution < 1.29 is 62.5 Å². The summed E-state index contributed by atoms with van der Waals surface area (Å²) in [7, 11) is 0. The number of carbonyl (C=O) groups is 9. The monoisotopic (exact) mass is 1320 g/mol. The standard InChI is InChI=1S/C69H108N6O13S3/c1-50(17-13-37-76)53-21-22-54-67-55(49-57(69(53,54)3)88-40-16-43-91-46-33-72-60(79)20-9-6-12-36-75-65(84)27-28-66(75)85)68(2)30-29-52(86-38-14-41-89-44-31-70-58(77)18-7-4-10-34-73-61(80)23-24-62(73)81)47-51(68)48-56(67)87-39-15-42-90-45-32-71-59(78)19-8-5-11-35-74-63(82)25-26-64(74)83/h23-28,50-57,67,76H,4-22,29-49H2,1-3H3,(H,70,77)(H,71,78)(H,72,79)/t50-,51+,52-,53-,54+,55+,56-,57+,67+,68+,69-/m1/s1. The average Bonchev–Trinajstić information content (AvgIpc) is 1.69. The van der Waals surface area contributed by atoms with Crippen LogP contribution in [0.2, 0.25) is 0 Å². The van der Waals surface area contributed by atoms with E-state index in [0.29, 0.717) is 146 Å². The minimum Gasteiger partial charge on any atom is -0.396 e. The van der Waals surface area contributed by atoms with E-state index in [-0.39, 0.29) is 88.9 Å². The molecule has 0 aromatic rings. The van der Waals surface area contributed by atoms with Crippen LogP contribution < -0.4 is 16.0 Å². The molecule has 4 N–H and O–H groups in total. The van der Waals surface area contributed by atoms with E-state index in [2.05, 4.69) is 36.7 Å². The summed E-state index contributed by atoms with van der Waals surface area (Å²) in [6.45, 7) is 12.9. The fraction of sp³-hybridized carbons (Fsp3) is 0.783. The minimum atomic E-state index is -0.267. The van der Waals surface area contributed by atoms with Crippen LogP contribution in [0.5, 0.6) is 0 Å². The lowest BCUT2D eigenvalue weighted by atomic mass is 9.43. The van der Waals surface area contributed by atoms with E-state index in [1.54, 1.807) is 0 Å². The van der Waals surface area contributed by atoms with Crippen LogP contribution in [-0.4, -0.2) is 191 Å². The highest BCUT2D eigenvalue weighted by atomic mass is 32.2. The van der Waals surface area contributed by atoms with Gasteiger partial charge in [0.25, 0.3) is 35.4 Å². The second kappa shape index (κ2) is 39.1. The Morgan fingerprint density at radius 2 is 0.967 bits per heavy atom. The summed E-state index contributed by atoms with van der Waals surface area (Å²) in [6.07, 6.45) is 28.3. The van der Waals surface area contributed by atoms with Crippen molar-refractivity contribution in [1.29, 1.82) is 0 Å². The number of fused-ring (bicyclic) bond motifs is 5. The number of imide groups is 3. The van der Waals surface area contributed by atoms with Gasteiger partial charge in [0.1, 0.15) is 0 Å². The van der Waals surface area contributed by atoms with E-state index in [4.69, 9.17) is 14.2 Å². The van der Waals surface area contributed by atoms with Crippen LogP contribution in [0.1, 0.15) is 175 Å². The van der Waals surface area contributed by atoms with Gasteiger partial charge in [-0.3, -0.25) is 57.9 Å². The van der Waals surface area contributed by atoms with Crippen molar-refractivity contribution in [3.8, 4) is 0 Å². The van der Waals surface area contributed by atoms with Crippen molar-refractivity contribution in [1.82, 2.24) is 30.7 Å². The number of amides is 9. The van der Waals surface area contributed by atoms with Gasteiger partial charge in [-0.25, -0.2) is 0 Å². The zero-order valence-corrected chi connectivity index (χ0v) is 57.3. The third-order valence-corrected chi connectivity index (χ3v) is 24.0. The Labute approximate surface area is 554 Å². The highest BCUT2D eigenvalue weighted by Crippen LogP contribution is 2.69. The van der Waals surface area contributed by atoms with E-state index in [0.717, 1.165) is 137 Å². The molecule has 7 aliphatic rings. The van der Waals surface area contributed by atoms with Gasteiger partial charge in [-0.1, -0.05) is 40.0 Å². The Morgan fingerprint density at radius 1 is 0.527 bits per heavy atom. The Hall–Kier alpha value is -4.06. The molecule has 7 rings (SSSR count). The van der Waals surface area contributed by atoms with Gasteiger partial charge in [0.15, 0.2) is 0 Å². The van der Waals surface area contributed by atoms with Crippen molar-refractivity contribution in [3.05, 3.63) is 36.5 Å². The lowest BCUT2D eigenvalue weighted by molar-refractivity contribution is -0.227. The number of nitrogens with one attached hydrogen (secondary N) is 3. The molecule has 0 saturated heterocycles. The predicted molar refractivity (Wildman–Crippen MR) is 359 cm³/mol. The maximum Gasteiger partial charge on any atom is 0.253 e. The zero-order valence-electron chi connectivity index (χ0n) is 54.9. The SMILES string of the molecule is C[C@H](CCCO)[C@H]1CC[C@H]2[C@@H]3[C@H](OCCCSCCNC(=O)CCCCCN4C(=O)C=CC4=O)C[C@@H]4C[C@H](OCCCSCCNC(=O)CCCCCN5C(=O)C=CC5=O)CC[C@]4(C)[C@H]3C[C@H](OCCCSCCNC(=O)CCCCCN3C(=O)C=CC3=O)[C@]12C. The molecular weight excluding hydrogens is 1220 g/mol. The van der Waals surface area contributed by atoms with Crippen LogP contribution in [-0.2, 0) is 57.4 Å². The number of aliphatic hydroxyl groups is 1. The van der Waals surface area contributed by atoms with Gasteiger partial charge in [-0.15, -0.1) is 0 Å². The van der Waals surface area contributed by atoms with Gasteiger partial charge in [-0.2, -0.15) is 35.3 Å². The molecule has 510 valence electrons. The maximum absolute atomic E-state index is 12.6. The third-order valence-electron chi connectivity index (χ3n) is 20.8. The van der Waals surface area contributed by atoms with Gasteiger partial charge in [0, 0.05) is 144 Å². The summed E-state index contributed by atoms with van der Waals surface area (Å²) in [6, 6.07) is 0. The summed E-state index contributed by atoms with van der Waals surface area (Å²) in [5.74, 6) is 6.58. The summed E-state index contributed by atoms with van der Waals surface area (Å²) in [5, 5.41) is 19.2. The molecule has 91 heavy (non-hydrogen) atoms. The fourth-order valence-electron chi connectivity index (χ4n) is 16.0. The van der Waals surface area contributed by atoms with Crippen molar-refractivity contribution in [2.75, 3.05) is 100 Å². The fourth-order valence-corrected chi connectivity index (χ4v) is 18.3. The van der Waals surface area contributed by atoms with Crippen LogP contribution in [0.3, 0.4) is 0 Å². The first-order valence-electron chi connectivity index (χ1n) is 34.6. The number of aliphatic hydroxyl groups excluding tert-OH is 1. The molecule has 11 atom stereocenters. The van der Waals surface area contributed by atoms with Gasteiger partial charge >= 0.3 is 0 Å². The molecular formula is C69H108N6O13S3. The second-order valence-corrected chi connectivity index (χ2v) is 30.4. The van der Waals surface area contributed by atoms with Gasteiger partial charge < -0.3 is 35.3 Å². The molecule has 4 saturated carbocycles. The first-order chi connectivity index (χ1) is 44.0. The molecule has 3 aliphatic heterocycles. The van der Waals surface area contributed by atoms with Crippen LogP contribution in [0.15, 0.2) is 36.5 Å². The summed E-state index contributed by atoms with van der Waals surface area (Å²) >= 11 is 5.53. The normalized spacial score (nSPS) is 27.1. The molecule has 0 aromatic carbocycles. The molecule has 0 spiro atoms. The zero-order chi connectivity index (χ0) is 65.0. The van der Waals surface area contributed by atoms with Crippen molar-refractivity contribution in [2.45, 2.75) is 193 Å². The largest absolute Gasteiger partial charge is 0.396 e. The molecule has 4 aliphatic carbocycles. The maximum atomic E-state index is 12.6. The summed E-state index contributed by atoms with van der Waals surface area (Å²) < 4.78 is 21.3. The lowest BCUT2D eigenvalue weighted by Gasteiger charge is -2.65. The van der Waals surface area contributed by atoms with Crippen LogP contribution in [0.25, 0.3) is 0 Å². The summed E-state index contributed by atoms with van der Waals surface area (Å²) in [5.41, 5.74) is 0.0913. The van der Waals surface area contributed by atoms with Crippen molar-refractivity contribution in [2.24, 2.45) is 46.3 Å². The lowest BCUT2D eigenvalue weighted by Crippen LogP contribution is -2.63. The number of nitrogens with zero attached hydrogens (tertiary/aromatic N) is 3. The number of hydrogen-bond acceptors (Lipinski definition) is 16. The Morgan fingerprint density at radius 3 is 1.42 bits per heavy atom. The van der Waals surface area contributed by atoms with E-state index in [1.807, 2.05) is 35.3 Å². The molecule has 4 fully saturated rings. The topological polar surface area (TPSA) is 247 Å². The Balaban J connectivity index is 0.869. The quantitative estimate of drug-likeness (QED) is 0.0329. The second-order valence-electron chi connectivity index (χ2n) is 26.8.